The Hall–Kier alpha value is -2.25. The van der Waals surface area contributed by atoms with Crippen LogP contribution in [0.3, 0.4) is 0 Å². The summed E-state index contributed by atoms with van der Waals surface area (Å²) in [6.07, 6.45) is 10.7. The molecule has 0 saturated heterocycles. The summed E-state index contributed by atoms with van der Waals surface area (Å²) in [4.78, 5) is 7.71. The fourth-order valence-electron chi connectivity index (χ4n) is 4.60. The number of nitrogens with zero attached hydrogens (tertiary/aromatic N) is 7. The van der Waals surface area contributed by atoms with E-state index in [1.54, 1.807) is 0 Å². The zero-order valence-electron chi connectivity index (χ0n) is 15.2. The Balaban J connectivity index is 1.22. The maximum Gasteiger partial charge on any atom is 0.178 e. The maximum atomic E-state index is 5.85. The summed E-state index contributed by atoms with van der Waals surface area (Å²) in [6, 6.07) is 2.45. The van der Waals surface area contributed by atoms with Crippen LogP contribution in [-0.4, -0.2) is 41.3 Å². The lowest BCUT2D eigenvalue weighted by molar-refractivity contribution is -0.0894. The SMILES string of the molecule is CCn1nccc1C1=NOC2(C1)CC(c1nnn(C3CCCCC3)n1)C2. The van der Waals surface area contributed by atoms with Crippen LogP contribution in [0.4, 0.5) is 0 Å². The third kappa shape index (κ3) is 2.62. The maximum absolute atomic E-state index is 5.85. The Morgan fingerprint density at radius 2 is 2.08 bits per heavy atom. The van der Waals surface area contributed by atoms with E-state index < -0.39 is 0 Å². The molecule has 2 aromatic rings. The van der Waals surface area contributed by atoms with Crippen molar-refractivity contribution in [3.05, 3.63) is 23.8 Å². The third-order valence-corrected chi connectivity index (χ3v) is 6.10. The Morgan fingerprint density at radius 3 is 2.88 bits per heavy atom. The van der Waals surface area contributed by atoms with E-state index in [9.17, 15) is 0 Å². The lowest BCUT2D eigenvalue weighted by atomic mass is 9.68. The van der Waals surface area contributed by atoms with Crippen molar-refractivity contribution in [1.29, 1.82) is 0 Å². The minimum absolute atomic E-state index is 0.181. The molecule has 0 bridgehead atoms. The lowest BCUT2D eigenvalue weighted by Crippen LogP contribution is -2.43. The molecular formula is C18H25N7O. The molecule has 0 amide bonds. The molecule has 1 spiro atoms. The molecule has 2 aliphatic carbocycles. The van der Waals surface area contributed by atoms with Crippen LogP contribution in [0.2, 0.25) is 0 Å². The van der Waals surface area contributed by atoms with E-state index in [1.807, 2.05) is 21.7 Å². The minimum atomic E-state index is -0.181. The first-order valence-electron chi connectivity index (χ1n) is 9.83. The number of hydrogen-bond acceptors (Lipinski definition) is 6. The molecule has 0 radical (unpaired) electrons. The zero-order valence-corrected chi connectivity index (χ0v) is 15.2. The molecule has 2 aromatic heterocycles. The largest absolute Gasteiger partial charge is 0.388 e. The Labute approximate surface area is 152 Å². The van der Waals surface area contributed by atoms with Crippen molar-refractivity contribution >= 4 is 5.71 Å². The smallest absolute Gasteiger partial charge is 0.178 e. The number of hydrogen-bond donors (Lipinski definition) is 0. The van der Waals surface area contributed by atoms with Crippen molar-refractivity contribution in [2.24, 2.45) is 5.16 Å². The quantitative estimate of drug-likeness (QED) is 0.842. The van der Waals surface area contributed by atoms with Gasteiger partial charge in [0, 0.05) is 37.9 Å². The van der Waals surface area contributed by atoms with E-state index in [4.69, 9.17) is 9.94 Å². The summed E-state index contributed by atoms with van der Waals surface area (Å²) < 4.78 is 1.97. The Morgan fingerprint density at radius 1 is 1.23 bits per heavy atom. The summed E-state index contributed by atoms with van der Waals surface area (Å²) in [6.45, 7) is 2.93. The first kappa shape index (κ1) is 16.0. The molecule has 0 N–H and O–H groups in total. The number of aryl methyl sites for hydroxylation is 1. The van der Waals surface area contributed by atoms with E-state index in [2.05, 4.69) is 27.5 Å². The van der Waals surface area contributed by atoms with Gasteiger partial charge in [0.2, 0.25) is 0 Å². The molecule has 2 saturated carbocycles. The van der Waals surface area contributed by atoms with Gasteiger partial charge in [0.1, 0.15) is 11.3 Å². The van der Waals surface area contributed by atoms with Crippen molar-refractivity contribution in [3.63, 3.8) is 0 Å². The fraction of sp³-hybridized carbons (Fsp3) is 0.722. The highest BCUT2D eigenvalue weighted by Gasteiger charge is 2.53. The second kappa shape index (κ2) is 6.17. The van der Waals surface area contributed by atoms with Crippen LogP contribution >= 0.6 is 0 Å². The van der Waals surface area contributed by atoms with Gasteiger partial charge in [-0.05, 0) is 31.0 Å². The van der Waals surface area contributed by atoms with Crippen LogP contribution in [0.15, 0.2) is 17.4 Å². The van der Waals surface area contributed by atoms with Gasteiger partial charge in [-0.2, -0.15) is 9.90 Å². The van der Waals surface area contributed by atoms with Crippen LogP contribution in [0, 0.1) is 0 Å². The van der Waals surface area contributed by atoms with Gasteiger partial charge in [0.25, 0.3) is 0 Å². The summed E-state index contributed by atoms with van der Waals surface area (Å²) in [5.74, 6) is 1.20. The number of aromatic nitrogens is 6. The lowest BCUT2D eigenvalue weighted by Gasteiger charge is -2.40. The zero-order chi connectivity index (χ0) is 17.6. The van der Waals surface area contributed by atoms with E-state index in [0.29, 0.717) is 12.0 Å². The van der Waals surface area contributed by atoms with Gasteiger partial charge < -0.3 is 4.84 Å². The van der Waals surface area contributed by atoms with Crippen molar-refractivity contribution in [3.8, 4) is 0 Å². The fourth-order valence-corrected chi connectivity index (χ4v) is 4.60. The second-order valence-electron chi connectivity index (χ2n) is 7.89. The normalized spacial score (nSPS) is 28.8. The van der Waals surface area contributed by atoms with Crippen LogP contribution in [0.1, 0.15) is 81.8 Å². The molecule has 138 valence electrons. The van der Waals surface area contributed by atoms with Gasteiger partial charge in [-0.1, -0.05) is 24.4 Å². The van der Waals surface area contributed by atoms with Crippen molar-refractivity contribution in [1.82, 2.24) is 30.0 Å². The molecular weight excluding hydrogens is 330 g/mol. The molecule has 3 aliphatic rings. The first-order chi connectivity index (χ1) is 12.8. The molecule has 0 aromatic carbocycles. The summed E-state index contributed by atoms with van der Waals surface area (Å²) in [5.41, 5.74) is 1.88. The molecule has 0 unspecified atom stereocenters. The van der Waals surface area contributed by atoms with Gasteiger partial charge in [-0.3, -0.25) is 4.68 Å². The molecule has 1 aliphatic heterocycles. The highest BCUT2D eigenvalue weighted by molar-refractivity contribution is 6.00. The standard InChI is InChI=1S/C18H25N7O/c1-2-24-16(8-9-19-24)15-12-18(26-22-15)10-13(11-18)17-20-23-25(21-17)14-6-4-3-5-7-14/h8-9,13-14H,2-7,10-12H2,1H3. The highest BCUT2D eigenvalue weighted by atomic mass is 16.7. The predicted molar refractivity (Wildman–Crippen MR) is 94.8 cm³/mol. The third-order valence-electron chi connectivity index (χ3n) is 6.10. The minimum Gasteiger partial charge on any atom is -0.388 e. The van der Waals surface area contributed by atoms with Gasteiger partial charge >= 0.3 is 0 Å². The molecule has 26 heavy (non-hydrogen) atoms. The van der Waals surface area contributed by atoms with E-state index in [1.165, 1.54) is 32.1 Å². The predicted octanol–water partition coefficient (Wildman–Crippen LogP) is 2.84. The first-order valence-corrected chi connectivity index (χ1v) is 9.83. The van der Waals surface area contributed by atoms with Crippen LogP contribution < -0.4 is 0 Å². The number of tetrazole rings is 1. The topological polar surface area (TPSA) is 83.0 Å². The van der Waals surface area contributed by atoms with Crippen LogP contribution in [-0.2, 0) is 11.4 Å². The van der Waals surface area contributed by atoms with Crippen molar-refractivity contribution in [2.75, 3.05) is 0 Å². The Kier molecular flexibility index (Phi) is 3.79. The van der Waals surface area contributed by atoms with Crippen LogP contribution in [0.25, 0.3) is 0 Å². The van der Waals surface area contributed by atoms with Gasteiger partial charge in [0.05, 0.1) is 11.7 Å². The Bertz CT molecular complexity index is 811. The molecule has 0 atom stereocenters. The number of oxime groups is 1. The van der Waals surface area contributed by atoms with E-state index >= 15 is 0 Å². The average molecular weight is 355 g/mol. The molecule has 3 heterocycles. The summed E-state index contributed by atoms with van der Waals surface area (Å²) in [7, 11) is 0. The van der Waals surface area contributed by atoms with Gasteiger partial charge in [-0.15, -0.1) is 10.2 Å². The highest BCUT2D eigenvalue weighted by Crippen LogP contribution is 2.51. The number of rotatable bonds is 4. The van der Waals surface area contributed by atoms with Gasteiger partial charge in [-0.25, -0.2) is 0 Å². The molecule has 2 fully saturated rings. The monoisotopic (exact) mass is 355 g/mol. The average Bonchev–Trinajstić information content (AvgIpc) is 3.38. The van der Waals surface area contributed by atoms with E-state index in [-0.39, 0.29) is 5.60 Å². The molecule has 5 rings (SSSR count). The second-order valence-corrected chi connectivity index (χ2v) is 7.89. The van der Waals surface area contributed by atoms with Crippen molar-refractivity contribution in [2.45, 2.75) is 82.4 Å². The van der Waals surface area contributed by atoms with Crippen LogP contribution in [0.5, 0.6) is 0 Å². The molecule has 8 nitrogen and oxygen atoms in total. The molecule has 8 heteroatoms. The summed E-state index contributed by atoms with van der Waals surface area (Å²) in [5, 5.41) is 22.1. The van der Waals surface area contributed by atoms with Crippen molar-refractivity contribution < 1.29 is 4.84 Å². The summed E-state index contributed by atoms with van der Waals surface area (Å²) >= 11 is 0. The van der Waals surface area contributed by atoms with Gasteiger partial charge in [0.15, 0.2) is 5.82 Å². The van der Waals surface area contributed by atoms with E-state index in [0.717, 1.165) is 43.0 Å².